The Bertz CT molecular complexity index is 977. The summed E-state index contributed by atoms with van der Waals surface area (Å²) in [5.41, 5.74) is 1.50. The number of nitrogens with one attached hydrogen (secondary N) is 2. The van der Waals surface area contributed by atoms with Crippen molar-refractivity contribution in [3.8, 4) is 0 Å². The van der Waals surface area contributed by atoms with Gasteiger partial charge in [-0.3, -0.25) is 14.7 Å². The minimum atomic E-state index is -0.322. The number of fused-ring (bicyclic) bond motifs is 1. The van der Waals surface area contributed by atoms with Gasteiger partial charge < -0.3 is 5.32 Å². The van der Waals surface area contributed by atoms with Crippen molar-refractivity contribution in [3.63, 3.8) is 0 Å². The lowest BCUT2D eigenvalue weighted by Crippen LogP contribution is -2.33. The Morgan fingerprint density at radius 2 is 2.16 bits per heavy atom. The summed E-state index contributed by atoms with van der Waals surface area (Å²) in [5, 5.41) is 5.60. The first-order valence-electron chi connectivity index (χ1n) is 8.08. The second kappa shape index (κ2) is 6.88. The molecule has 130 valence electrons. The normalized spacial score (nSPS) is 12.3. The van der Waals surface area contributed by atoms with Gasteiger partial charge in [0, 0.05) is 24.0 Å². The van der Waals surface area contributed by atoms with Crippen LogP contribution in [-0.4, -0.2) is 26.5 Å². The Labute approximate surface area is 143 Å². The molecule has 0 aliphatic rings. The monoisotopic (exact) mass is 342 g/mol. The third-order valence-electron chi connectivity index (χ3n) is 4.05. The number of benzene rings is 1. The number of hydrogen-bond acceptors (Lipinski definition) is 3. The highest BCUT2D eigenvalue weighted by Crippen LogP contribution is 2.11. The number of aryl methyl sites for hydroxylation is 2. The van der Waals surface area contributed by atoms with E-state index in [1.165, 1.54) is 22.8 Å². The van der Waals surface area contributed by atoms with E-state index in [-0.39, 0.29) is 23.3 Å². The summed E-state index contributed by atoms with van der Waals surface area (Å²) in [4.78, 5) is 28.6. The minimum absolute atomic E-state index is 0.154. The van der Waals surface area contributed by atoms with E-state index in [9.17, 15) is 14.0 Å². The van der Waals surface area contributed by atoms with Crippen LogP contribution in [0.4, 0.5) is 4.39 Å². The first kappa shape index (κ1) is 16.9. The van der Waals surface area contributed by atoms with Gasteiger partial charge >= 0.3 is 0 Å². The number of amides is 1. The van der Waals surface area contributed by atoms with E-state index in [4.69, 9.17) is 0 Å². The molecule has 1 amide bonds. The molecule has 0 saturated heterocycles. The fraction of sp³-hybridized carbons (Fsp3) is 0.278. The SMILES string of the molecule is Cc1cc(=O)n2[nH]cc(C(=O)NC(C)CCc3ccccc3F)c2n1. The van der Waals surface area contributed by atoms with Gasteiger partial charge in [0.2, 0.25) is 0 Å². The zero-order chi connectivity index (χ0) is 18.0. The molecule has 0 radical (unpaired) electrons. The lowest BCUT2D eigenvalue weighted by molar-refractivity contribution is 0.0940. The number of hydrogen-bond donors (Lipinski definition) is 2. The van der Waals surface area contributed by atoms with Crippen molar-refractivity contribution < 1.29 is 9.18 Å². The van der Waals surface area contributed by atoms with Crippen molar-refractivity contribution in [1.82, 2.24) is 19.9 Å². The Morgan fingerprint density at radius 3 is 2.92 bits per heavy atom. The van der Waals surface area contributed by atoms with Crippen molar-refractivity contribution in [3.05, 3.63) is 69.5 Å². The highest BCUT2D eigenvalue weighted by molar-refractivity contribution is 5.99. The molecule has 1 aromatic carbocycles. The van der Waals surface area contributed by atoms with E-state index in [1.807, 2.05) is 6.92 Å². The standard InChI is InChI=1S/C18H19FN4O2/c1-11(7-8-13-5-3-4-6-15(13)19)22-18(25)14-10-20-23-16(24)9-12(2)21-17(14)23/h3-6,9-11,20H,7-8H2,1-2H3,(H,22,25). The second-order valence-corrected chi connectivity index (χ2v) is 6.09. The van der Waals surface area contributed by atoms with E-state index in [1.54, 1.807) is 25.1 Å². The molecule has 1 atom stereocenters. The van der Waals surface area contributed by atoms with Crippen molar-refractivity contribution in [2.75, 3.05) is 0 Å². The van der Waals surface area contributed by atoms with Crippen LogP contribution in [0.1, 0.15) is 35.0 Å². The third kappa shape index (κ3) is 3.60. The lowest BCUT2D eigenvalue weighted by atomic mass is 10.1. The maximum atomic E-state index is 13.6. The van der Waals surface area contributed by atoms with E-state index in [2.05, 4.69) is 15.4 Å². The number of carbonyl (C=O) groups excluding carboxylic acids is 1. The van der Waals surface area contributed by atoms with Gasteiger partial charge in [0.05, 0.1) is 0 Å². The van der Waals surface area contributed by atoms with Gasteiger partial charge in [-0.1, -0.05) is 18.2 Å². The number of nitrogens with zero attached hydrogens (tertiary/aromatic N) is 2. The van der Waals surface area contributed by atoms with E-state index in [0.29, 0.717) is 35.3 Å². The molecule has 7 heteroatoms. The highest BCUT2D eigenvalue weighted by Gasteiger charge is 2.17. The van der Waals surface area contributed by atoms with Gasteiger partial charge in [-0.2, -0.15) is 0 Å². The van der Waals surface area contributed by atoms with Crippen LogP contribution < -0.4 is 10.9 Å². The number of H-pyrrole nitrogens is 1. The molecule has 3 aromatic rings. The molecule has 0 bridgehead atoms. The van der Waals surface area contributed by atoms with Crippen molar-refractivity contribution in [2.45, 2.75) is 32.7 Å². The maximum Gasteiger partial charge on any atom is 0.272 e. The second-order valence-electron chi connectivity index (χ2n) is 6.09. The van der Waals surface area contributed by atoms with Crippen molar-refractivity contribution in [1.29, 1.82) is 0 Å². The summed E-state index contributed by atoms with van der Waals surface area (Å²) in [7, 11) is 0. The number of halogens is 1. The van der Waals surface area contributed by atoms with Crippen LogP contribution in [0, 0.1) is 12.7 Å². The fourth-order valence-corrected chi connectivity index (χ4v) is 2.71. The van der Waals surface area contributed by atoms with E-state index >= 15 is 0 Å². The van der Waals surface area contributed by atoms with Crippen LogP contribution in [0.2, 0.25) is 0 Å². The van der Waals surface area contributed by atoms with Gasteiger partial charge in [-0.25, -0.2) is 13.9 Å². The number of carbonyl (C=O) groups is 1. The van der Waals surface area contributed by atoms with Crippen LogP contribution in [0.25, 0.3) is 5.65 Å². The molecule has 2 heterocycles. The van der Waals surface area contributed by atoms with Gasteiger partial charge in [-0.15, -0.1) is 0 Å². The quantitative estimate of drug-likeness (QED) is 0.746. The summed E-state index contributed by atoms with van der Waals surface area (Å²) in [6.07, 6.45) is 2.59. The molecule has 3 rings (SSSR count). The zero-order valence-electron chi connectivity index (χ0n) is 14.0. The van der Waals surface area contributed by atoms with Crippen LogP contribution in [0.5, 0.6) is 0 Å². The van der Waals surface area contributed by atoms with Crippen molar-refractivity contribution in [2.24, 2.45) is 0 Å². The number of aromatic amines is 1. The number of rotatable bonds is 5. The number of aromatic nitrogens is 3. The topological polar surface area (TPSA) is 79.3 Å². The Morgan fingerprint density at radius 1 is 1.40 bits per heavy atom. The summed E-state index contributed by atoms with van der Waals surface area (Å²) in [6.45, 7) is 3.56. The predicted molar refractivity (Wildman–Crippen MR) is 92.2 cm³/mol. The molecular weight excluding hydrogens is 323 g/mol. The predicted octanol–water partition coefficient (Wildman–Crippen LogP) is 2.22. The molecule has 0 fully saturated rings. The average Bonchev–Trinajstić information content (AvgIpc) is 2.98. The molecule has 2 N–H and O–H groups in total. The van der Waals surface area contributed by atoms with Crippen molar-refractivity contribution >= 4 is 11.6 Å². The highest BCUT2D eigenvalue weighted by atomic mass is 19.1. The molecule has 25 heavy (non-hydrogen) atoms. The Balaban J connectivity index is 1.70. The summed E-state index contributed by atoms with van der Waals surface area (Å²) in [5.74, 6) is -0.561. The molecule has 0 aliphatic heterocycles. The summed E-state index contributed by atoms with van der Waals surface area (Å²) >= 11 is 0. The maximum absolute atomic E-state index is 13.6. The van der Waals surface area contributed by atoms with Gasteiger partial charge in [0.15, 0.2) is 5.65 Å². The van der Waals surface area contributed by atoms with Gasteiger partial charge in [-0.05, 0) is 38.3 Å². The average molecular weight is 342 g/mol. The fourth-order valence-electron chi connectivity index (χ4n) is 2.71. The molecule has 6 nitrogen and oxygen atoms in total. The molecule has 0 saturated carbocycles. The molecule has 0 spiro atoms. The third-order valence-corrected chi connectivity index (χ3v) is 4.05. The largest absolute Gasteiger partial charge is 0.349 e. The van der Waals surface area contributed by atoms with Crippen LogP contribution in [0.3, 0.4) is 0 Å². The molecule has 1 unspecified atom stereocenters. The van der Waals surface area contributed by atoms with E-state index < -0.39 is 0 Å². The lowest BCUT2D eigenvalue weighted by Gasteiger charge is -2.13. The first-order chi connectivity index (χ1) is 12.0. The smallest absolute Gasteiger partial charge is 0.272 e. The summed E-state index contributed by atoms with van der Waals surface area (Å²) in [6, 6.07) is 7.84. The summed E-state index contributed by atoms with van der Waals surface area (Å²) < 4.78 is 14.9. The first-order valence-corrected chi connectivity index (χ1v) is 8.08. The van der Waals surface area contributed by atoms with E-state index in [0.717, 1.165) is 0 Å². The molecule has 2 aromatic heterocycles. The Hall–Kier alpha value is -2.96. The van der Waals surface area contributed by atoms with Crippen LogP contribution >= 0.6 is 0 Å². The molecular formula is C18H19FN4O2. The van der Waals surface area contributed by atoms with Gasteiger partial charge in [0.1, 0.15) is 11.4 Å². The zero-order valence-corrected chi connectivity index (χ0v) is 14.0. The van der Waals surface area contributed by atoms with Gasteiger partial charge in [0.25, 0.3) is 11.5 Å². The molecule has 0 aliphatic carbocycles. The van der Waals surface area contributed by atoms with Crippen LogP contribution in [-0.2, 0) is 6.42 Å². The van der Waals surface area contributed by atoms with Crippen LogP contribution in [0.15, 0.2) is 41.3 Å². The minimum Gasteiger partial charge on any atom is -0.349 e. The Kier molecular flexibility index (Phi) is 4.65.